The third-order valence-electron chi connectivity index (χ3n) is 3.40. The molecule has 3 rings (SSSR count). The van der Waals surface area contributed by atoms with Crippen molar-refractivity contribution in [2.24, 2.45) is 0 Å². The van der Waals surface area contributed by atoms with Gasteiger partial charge in [-0.15, -0.1) is 0 Å². The Hall–Kier alpha value is -2.47. The first-order chi connectivity index (χ1) is 10.7. The summed E-state index contributed by atoms with van der Waals surface area (Å²) in [5, 5.41) is 2.70. The Morgan fingerprint density at radius 1 is 1.14 bits per heavy atom. The van der Waals surface area contributed by atoms with Crippen LogP contribution in [-0.2, 0) is 4.74 Å². The first kappa shape index (κ1) is 14.5. The lowest BCUT2D eigenvalue weighted by Crippen LogP contribution is -2.37. The van der Waals surface area contributed by atoms with E-state index in [1.54, 1.807) is 12.1 Å². The van der Waals surface area contributed by atoms with Crippen LogP contribution in [0.4, 0.5) is 15.9 Å². The molecule has 2 aromatic rings. The maximum Gasteiger partial charge on any atom is 0.274 e. The Labute approximate surface area is 127 Å². The van der Waals surface area contributed by atoms with Crippen molar-refractivity contribution in [1.29, 1.82) is 0 Å². The smallest absolute Gasteiger partial charge is 0.274 e. The maximum atomic E-state index is 12.9. The number of nitrogens with one attached hydrogen (secondary N) is 1. The number of aromatic nitrogens is 1. The van der Waals surface area contributed by atoms with Crippen molar-refractivity contribution >= 4 is 17.4 Å². The normalized spacial score (nSPS) is 14.7. The number of morpholine rings is 1. The quantitative estimate of drug-likeness (QED) is 0.945. The van der Waals surface area contributed by atoms with Gasteiger partial charge in [0.2, 0.25) is 0 Å². The number of hydrogen-bond acceptors (Lipinski definition) is 4. The van der Waals surface area contributed by atoms with Gasteiger partial charge in [0, 0.05) is 18.8 Å². The Kier molecular flexibility index (Phi) is 4.29. The molecular weight excluding hydrogens is 285 g/mol. The monoisotopic (exact) mass is 301 g/mol. The van der Waals surface area contributed by atoms with Crippen LogP contribution < -0.4 is 10.2 Å². The average molecular weight is 301 g/mol. The molecule has 0 unspecified atom stereocenters. The van der Waals surface area contributed by atoms with E-state index in [1.165, 1.54) is 24.3 Å². The number of ether oxygens (including phenoxy) is 1. The highest BCUT2D eigenvalue weighted by atomic mass is 19.1. The van der Waals surface area contributed by atoms with E-state index in [1.807, 2.05) is 6.07 Å². The first-order valence-corrected chi connectivity index (χ1v) is 7.09. The summed E-state index contributed by atoms with van der Waals surface area (Å²) in [6, 6.07) is 11.0. The van der Waals surface area contributed by atoms with Gasteiger partial charge in [-0.05, 0) is 36.4 Å². The molecule has 5 nitrogen and oxygen atoms in total. The van der Waals surface area contributed by atoms with Gasteiger partial charge in [0.25, 0.3) is 5.91 Å². The van der Waals surface area contributed by atoms with Gasteiger partial charge >= 0.3 is 0 Å². The number of pyridine rings is 1. The van der Waals surface area contributed by atoms with Crippen LogP contribution >= 0.6 is 0 Å². The summed E-state index contributed by atoms with van der Waals surface area (Å²) >= 11 is 0. The van der Waals surface area contributed by atoms with Crippen LogP contribution in [0.25, 0.3) is 0 Å². The predicted molar refractivity (Wildman–Crippen MR) is 81.6 cm³/mol. The molecular formula is C16H16FN3O2. The largest absolute Gasteiger partial charge is 0.378 e. The second kappa shape index (κ2) is 6.53. The molecule has 0 radical (unpaired) electrons. The number of hydrogen-bond donors (Lipinski definition) is 1. The van der Waals surface area contributed by atoms with E-state index in [4.69, 9.17) is 4.74 Å². The van der Waals surface area contributed by atoms with E-state index < -0.39 is 0 Å². The molecule has 0 saturated carbocycles. The fraction of sp³-hybridized carbons (Fsp3) is 0.250. The number of carbonyl (C=O) groups excluding carboxylic acids is 1. The molecule has 0 bridgehead atoms. The van der Waals surface area contributed by atoms with Crippen molar-refractivity contribution in [3.05, 3.63) is 54.0 Å². The average Bonchev–Trinajstić information content (AvgIpc) is 2.58. The van der Waals surface area contributed by atoms with Gasteiger partial charge < -0.3 is 15.0 Å². The number of benzene rings is 1. The highest BCUT2D eigenvalue weighted by Crippen LogP contribution is 2.15. The molecule has 1 aliphatic rings. The molecule has 1 aliphatic heterocycles. The Balaban J connectivity index is 1.73. The first-order valence-electron chi connectivity index (χ1n) is 7.09. The standard InChI is InChI=1S/C16H16FN3O2/c17-12-4-6-13(7-5-12)18-16(21)14-2-1-3-15(19-14)20-8-10-22-11-9-20/h1-7H,8-11H2,(H,18,21). The SMILES string of the molecule is O=C(Nc1ccc(F)cc1)c1cccc(N2CCOCC2)n1. The van der Waals surface area contributed by atoms with Crippen LogP contribution in [0, 0.1) is 5.82 Å². The summed E-state index contributed by atoms with van der Waals surface area (Å²) in [4.78, 5) is 18.7. The van der Waals surface area contributed by atoms with Crippen molar-refractivity contribution in [3.8, 4) is 0 Å². The molecule has 0 atom stereocenters. The molecule has 1 amide bonds. The molecule has 1 N–H and O–H groups in total. The Bertz CT molecular complexity index is 655. The van der Waals surface area contributed by atoms with E-state index in [9.17, 15) is 9.18 Å². The number of carbonyl (C=O) groups is 1. The van der Waals surface area contributed by atoms with Crippen LogP contribution in [0.2, 0.25) is 0 Å². The molecule has 6 heteroatoms. The zero-order chi connectivity index (χ0) is 15.4. The number of halogens is 1. The maximum absolute atomic E-state index is 12.9. The second-order valence-corrected chi connectivity index (χ2v) is 4.94. The summed E-state index contributed by atoms with van der Waals surface area (Å²) in [5.74, 6) is 0.0993. The fourth-order valence-electron chi connectivity index (χ4n) is 2.25. The lowest BCUT2D eigenvalue weighted by Gasteiger charge is -2.27. The van der Waals surface area contributed by atoms with E-state index in [-0.39, 0.29) is 11.7 Å². The van der Waals surface area contributed by atoms with Gasteiger partial charge in [0.15, 0.2) is 0 Å². The third-order valence-corrected chi connectivity index (χ3v) is 3.40. The highest BCUT2D eigenvalue weighted by molar-refractivity contribution is 6.03. The summed E-state index contributed by atoms with van der Waals surface area (Å²) in [6.45, 7) is 2.84. The van der Waals surface area contributed by atoms with Crippen molar-refractivity contribution in [2.45, 2.75) is 0 Å². The molecule has 2 heterocycles. The molecule has 1 aromatic heterocycles. The van der Waals surface area contributed by atoms with E-state index in [2.05, 4.69) is 15.2 Å². The van der Waals surface area contributed by atoms with Gasteiger partial charge in [0.05, 0.1) is 13.2 Å². The van der Waals surface area contributed by atoms with Gasteiger partial charge in [-0.25, -0.2) is 9.37 Å². The summed E-state index contributed by atoms with van der Waals surface area (Å²) in [7, 11) is 0. The minimum Gasteiger partial charge on any atom is -0.378 e. The topological polar surface area (TPSA) is 54.5 Å². The van der Waals surface area contributed by atoms with E-state index in [0.717, 1.165) is 18.9 Å². The summed E-state index contributed by atoms with van der Waals surface area (Å²) in [5.41, 5.74) is 0.860. The van der Waals surface area contributed by atoms with Gasteiger partial charge in [0.1, 0.15) is 17.3 Å². The van der Waals surface area contributed by atoms with Crippen molar-refractivity contribution in [1.82, 2.24) is 4.98 Å². The number of amides is 1. The molecule has 0 aliphatic carbocycles. The zero-order valence-corrected chi connectivity index (χ0v) is 12.0. The minimum absolute atomic E-state index is 0.318. The molecule has 0 spiro atoms. The molecule has 1 aromatic carbocycles. The molecule has 22 heavy (non-hydrogen) atoms. The summed E-state index contributed by atoms with van der Waals surface area (Å²) in [6.07, 6.45) is 0. The number of rotatable bonds is 3. The van der Waals surface area contributed by atoms with Crippen LogP contribution in [-0.4, -0.2) is 37.2 Å². The van der Waals surface area contributed by atoms with E-state index in [0.29, 0.717) is 24.6 Å². The van der Waals surface area contributed by atoms with Crippen molar-refractivity contribution in [2.75, 3.05) is 36.5 Å². The molecule has 1 fully saturated rings. The molecule has 114 valence electrons. The van der Waals surface area contributed by atoms with Gasteiger partial charge in [-0.3, -0.25) is 4.79 Å². The lowest BCUT2D eigenvalue weighted by molar-refractivity contribution is 0.102. The third kappa shape index (κ3) is 3.40. The summed E-state index contributed by atoms with van der Waals surface area (Å²) < 4.78 is 18.2. The lowest BCUT2D eigenvalue weighted by atomic mass is 10.2. The van der Waals surface area contributed by atoms with Crippen LogP contribution in [0.3, 0.4) is 0 Å². The highest BCUT2D eigenvalue weighted by Gasteiger charge is 2.15. The Morgan fingerprint density at radius 3 is 2.59 bits per heavy atom. The van der Waals surface area contributed by atoms with E-state index >= 15 is 0 Å². The van der Waals surface area contributed by atoms with Crippen LogP contribution in [0.15, 0.2) is 42.5 Å². The second-order valence-electron chi connectivity index (χ2n) is 4.94. The number of anilines is 2. The Morgan fingerprint density at radius 2 is 1.86 bits per heavy atom. The fourth-order valence-corrected chi connectivity index (χ4v) is 2.25. The van der Waals surface area contributed by atoms with Crippen LogP contribution in [0.1, 0.15) is 10.5 Å². The van der Waals surface area contributed by atoms with Crippen molar-refractivity contribution < 1.29 is 13.9 Å². The van der Waals surface area contributed by atoms with Crippen molar-refractivity contribution in [3.63, 3.8) is 0 Å². The molecule has 1 saturated heterocycles. The minimum atomic E-state index is -0.342. The number of nitrogens with zero attached hydrogens (tertiary/aromatic N) is 2. The van der Waals surface area contributed by atoms with Gasteiger partial charge in [-0.1, -0.05) is 6.07 Å². The predicted octanol–water partition coefficient (Wildman–Crippen LogP) is 2.31. The zero-order valence-electron chi connectivity index (χ0n) is 12.0. The van der Waals surface area contributed by atoms with Gasteiger partial charge in [-0.2, -0.15) is 0 Å². The van der Waals surface area contributed by atoms with Crippen LogP contribution in [0.5, 0.6) is 0 Å².